The molecular weight excluding hydrogens is 287 g/mol. The molecule has 0 saturated heterocycles. The Hall–Kier alpha value is -2.14. The van der Waals surface area contributed by atoms with Crippen LogP contribution in [0.15, 0.2) is 48.5 Å². The van der Waals surface area contributed by atoms with Crippen molar-refractivity contribution in [2.45, 2.75) is 13.5 Å². The van der Waals surface area contributed by atoms with Crippen LogP contribution >= 0.6 is 12.2 Å². The minimum Gasteiger partial charge on any atom is -0.494 e. The van der Waals surface area contributed by atoms with Gasteiger partial charge in [0.15, 0.2) is 5.11 Å². The van der Waals surface area contributed by atoms with Gasteiger partial charge in [-0.2, -0.15) is 0 Å². The van der Waals surface area contributed by atoms with E-state index in [1.165, 1.54) is 12.1 Å². The second-order valence-corrected chi connectivity index (χ2v) is 4.80. The Morgan fingerprint density at radius 1 is 1.10 bits per heavy atom. The minimum absolute atomic E-state index is 0.242. The van der Waals surface area contributed by atoms with Crippen molar-refractivity contribution in [2.75, 3.05) is 11.9 Å². The molecule has 2 aromatic carbocycles. The molecule has 0 unspecified atom stereocenters. The number of hydrogen-bond donors (Lipinski definition) is 2. The lowest BCUT2D eigenvalue weighted by atomic mass is 10.2. The number of rotatable bonds is 5. The normalized spacial score (nSPS) is 10.0. The topological polar surface area (TPSA) is 33.3 Å². The zero-order chi connectivity index (χ0) is 15.1. The van der Waals surface area contributed by atoms with E-state index in [1.807, 2.05) is 31.2 Å². The molecule has 0 amide bonds. The third kappa shape index (κ3) is 5.04. The Bertz CT molecular complexity index is 584. The van der Waals surface area contributed by atoms with Gasteiger partial charge in [-0.15, -0.1) is 0 Å². The number of nitrogens with one attached hydrogen (secondary N) is 2. The maximum Gasteiger partial charge on any atom is 0.171 e. The van der Waals surface area contributed by atoms with Gasteiger partial charge in [0.2, 0.25) is 0 Å². The van der Waals surface area contributed by atoms with E-state index in [1.54, 1.807) is 12.1 Å². The Labute approximate surface area is 129 Å². The van der Waals surface area contributed by atoms with Gasteiger partial charge in [-0.25, -0.2) is 4.39 Å². The average molecular weight is 304 g/mol. The molecule has 0 aliphatic heterocycles. The van der Waals surface area contributed by atoms with Gasteiger partial charge in [-0.3, -0.25) is 0 Å². The lowest BCUT2D eigenvalue weighted by Gasteiger charge is -2.11. The number of halogens is 1. The summed E-state index contributed by atoms with van der Waals surface area (Å²) in [6.07, 6.45) is 0. The standard InChI is InChI=1S/C16H17FN2OS/c1-2-20-15-9-7-14(8-10-15)19-16(21)18-11-12-3-5-13(17)6-4-12/h3-10H,2,11H2,1H3,(H2,18,19,21). The average Bonchev–Trinajstić information content (AvgIpc) is 2.49. The van der Waals surface area contributed by atoms with E-state index < -0.39 is 0 Å². The van der Waals surface area contributed by atoms with Crippen LogP contribution in [0.3, 0.4) is 0 Å². The van der Waals surface area contributed by atoms with E-state index in [0.717, 1.165) is 17.0 Å². The fourth-order valence-corrected chi connectivity index (χ4v) is 1.95. The summed E-state index contributed by atoms with van der Waals surface area (Å²) in [6, 6.07) is 13.9. The zero-order valence-corrected chi connectivity index (χ0v) is 12.5. The molecule has 0 spiro atoms. The van der Waals surface area contributed by atoms with E-state index in [2.05, 4.69) is 10.6 Å². The molecule has 3 nitrogen and oxygen atoms in total. The molecule has 110 valence electrons. The molecular formula is C16H17FN2OS. The number of thiocarbonyl (C=S) groups is 1. The van der Waals surface area contributed by atoms with Gasteiger partial charge in [0.05, 0.1) is 6.61 Å². The Kier molecular flexibility index (Phi) is 5.51. The minimum atomic E-state index is -0.242. The molecule has 0 aliphatic rings. The highest BCUT2D eigenvalue weighted by Gasteiger charge is 1.99. The third-order valence-corrected chi connectivity index (χ3v) is 3.04. The first-order valence-electron chi connectivity index (χ1n) is 6.69. The third-order valence-electron chi connectivity index (χ3n) is 2.79. The Balaban J connectivity index is 1.82. The summed E-state index contributed by atoms with van der Waals surface area (Å²) < 4.78 is 18.2. The second-order valence-electron chi connectivity index (χ2n) is 4.39. The van der Waals surface area contributed by atoms with Crippen LogP contribution in [-0.4, -0.2) is 11.7 Å². The maximum atomic E-state index is 12.8. The molecule has 2 rings (SSSR count). The van der Waals surface area contributed by atoms with E-state index in [4.69, 9.17) is 17.0 Å². The molecule has 5 heteroatoms. The molecule has 0 bridgehead atoms. The number of ether oxygens (including phenoxy) is 1. The largest absolute Gasteiger partial charge is 0.494 e. The Morgan fingerprint density at radius 2 is 1.76 bits per heavy atom. The van der Waals surface area contributed by atoms with Crippen LogP contribution in [0.1, 0.15) is 12.5 Å². The maximum absolute atomic E-state index is 12.8. The number of hydrogen-bond acceptors (Lipinski definition) is 2. The van der Waals surface area contributed by atoms with Crippen molar-refractivity contribution >= 4 is 23.0 Å². The van der Waals surface area contributed by atoms with Crippen molar-refractivity contribution in [3.8, 4) is 5.75 Å². The first-order valence-corrected chi connectivity index (χ1v) is 7.10. The zero-order valence-electron chi connectivity index (χ0n) is 11.7. The number of benzene rings is 2. The summed E-state index contributed by atoms with van der Waals surface area (Å²) in [7, 11) is 0. The molecule has 0 atom stereocenters. The second kappa shape index (κ2) is 7.59. The Morgan fingerprint density at radius 3 is 2.38 bits per heavy atom. The van der Waals surface area contributed by atoms with Gasteiger partial charge in [0, 0.05) is 12.2 Å². The highest BCUT2D eigenvalue weighted by atomic mass is 32.1. The fraction of sp³-hybridized carbons (Fsp3) is 0.188. The smallest absolute Gasteiger partial charge is 0.171 e. The highest BCUT2D eigenvalue weighted by molar-refractivity contribution is 7.80. The van der Waals surface area contributed by atoms with Crippen molar-refractivity contribution in [3.05, 3.63) is 59.9 Å². The molecule has 0 aliphatic carbocycles. The predicted molar refractivity (Wildman–Crippen MR) is 87.1 cm³/mol. The summed E-state index contributed by atoms with van der Waals surface area (Å²) in [4.78, 5) is 0. The van der Waals surface area contributed by atoms with Crippen LogP contribution in [0, 0.1) is 5.82 Å². The van der Waals surface area contributed by atoms with Gasteiger partial charge in [0.1, 0.15) is 11.6 Å². The van der Waals surface area contributed by atoms with E-state index in [-0.39, 0.29) is 5.82 Å². The summed E-state index contributed by atoms with van der Waals surface area (Å²) >= 11 is 5.22. The molecule has 0 fully saturated rings. The van der Waals surface area contributed by atoms with Gasteiger partial charge in [-0.1, -0.05) is 12.1 Å². The first kappa shape index (κ1) is 15.3. The lowest BCUT2D eigenvalue weighted by Crippen LogP contribution is -2.27. The van der Waals surface area contributed by atoms with Crippen LogP contribution in [0.25, 0.3) is 0 Å². The summed E-state index contributed by atoms with van der Waals surface area (Å²) in [5, 5.41) is 6.67. The molecule has 2 N–H and O–H groups in total. The van der Waals surface area contributed by atoms with Crippen LogP contribution in [0.4, 0.5) is 10.1 Å². The van der Waals surface area contributed by atoms with Crippen molar-refractivity contribution in [1.82, 2.24) is 5.32 Å². The molecule has 0 radical (unpaired) electrons. The number of anilines is 1. The molecule has 21 heavy (non-hydrogen) atoms. The van der Waals surface area contributed by atoms with Gasteiger partial charge < -0.3 is 15.4 Å². The molecule has 2 aromatic rings. The van der Waals surface area contributed by atoms with E-state index in [0.29, 0.717) is 18.3 Å². The first-order chi connectivity index (χ1) is 10.2. The van der Waals surface area contributed by atoms with Crippen molar-refractivity contribution in [3.63, 3.8) is 0 Å². The molecule has 0 saturated carbocycles. The summed E-state index contributed by atoms with van der Waals surface area (Å²) in [5.41, 5.74) is 1.85. The van der Waals surface area contributed by atoms with Gasteiger partial charge in [0.25, 0.3) is 0 Å². The van der Waals surface area contributed by atoms with Gasteiger partial charge in [-0.05, 0) is 61.1 Å². The monoisotopic (exact) mass is 304 g/mol. The SMILES string of the molecule is CCOc1ccc(NC(=S)NCc2ccc(F)cc2)cc1. The van der Waals surface area contributed by atoms with Gasteiger partial charge >= 0.3 is 0 Å². The van der Waals surface area contributed by atoms with Crippen molar-refractivity contribution in [1.29, 1.82) is 0 Å². The summed E-state index contributed by atoms with van der Waals surface area (Å²) in [6.45, 7) is 3.13. The highest BCUT2D eigenvalue weighted by Crippen LogP contribution is 2.15. The van der Waals surface area contributed by atoms with Crippen molar-refractivity contribution < 1.29 is 9.13 Å². The fourth-order valence-electron chi connectivity index (χ4n) is 1.76. The molecule has 0 aromatic heterocycles. The van der Waals surface area contributed by atoms with Crippen LogP contribution < -0.4 is 15.4 Å². The quantitative estimate of drug-likeness (QED) is 0.825. The van der Waals surface area contributed by atoms with Crippen LogP contribution in [0.2, 0.25) is 0 Å². The lowest BCUT2D eigenvalue weighted by molar-refractivity contribution is 0.340. The van der Waals surface area contributed by atoms with Crippen LogP contribution in [0.5, 0.6) is 5.75 Å². The molecule has 0 heterocycles. The van der Waals surface area contributed by atoms with Crippen LogP contribution in [-0.2, 0) is 6.54 Å². The van der Waals surface area contributed by atoms with E-state index in [9.17, 15) is 4.39 Å². The van der Waals surface area contributed by atoms with E-state index >= 15 is 0 Å². The summed E-state index contributed by atoms with van der Waals surface area (Å²) in [5.74, 6) is 0.585. The predicted octanol–water partition coefficient (Wildman–Crippen LogP) is 3.71. The van der Waals surface area contributed by atoms with Crippen molar-refractivity contribution in [2.24, 2.45) is 0 Å².